The summed E-state index contributed by atoms with van der Waals surface area (Å²) in [5, 5.41) is 0. The average molecular weight is 168 g/mol. The van der Waals surface area contributed by atoms with Crippen LogP contribution < -0.4 is 0 Å². The van der Waals surface area contributed by atoms with E-state index in [0.29, 0.717) is 29.5 Å². The molecule has 0 aromatic rings. The maximum absolute atomic E-state index is 11.5. The van der Waals surface area contributed by atoms with Crippen LogP contribution in [0.15, 0.2) is 0 Å². The molecule has 1 aliphatic rings. The highest BCUT2D eigenvalue weighted by Gasteiger charge is 2.39. The SMILES string of the molecule is CCC1C(=O)CC(C(C)C)C1C. The molecule has 0 N–H and O–H groups in total. The molecule has 0 radical (unpaired) electrons. The molecule has 1 saturated carbocycles. The third-order valence-electron chi connectivity index (χ3n) is 3.46. The zero-order chi connectivity index (χ0) is 9.30. The first kappa shape index (κ1) is 9.76. The van der Waals surface area contributed by atoms with Gasteiger partial charge in [0.2, 0.25) is 0 Å². The molecule has 1 rings (SSSR count). The third kappa shape index (κ3) is 1.55. The maximum atomic E-state index is 11.5. The summed E-state index contributed by atoms with van der Waals surface area (Å²) in [5.74, 6) is 2.78. The molecule has 0 amide bonds. The second-order valence-corrected chi connectivity index (χ2v) is 4.45. The second kappa shape index (κ2) is 3.59. The number of hydrogen-bond donors (Lipinski definition) is 0. The van der Waals surface area contributed by atoms with Crippen LogP contribution in [-0.2, 0) is 4.79 Å². The molecule has 1 heteroatoms. The molecule has 0 saturated heterocycles. The van der Waals surface area contributed by atoms with Crippen LogP contribution in [0, 0.1) is 23.7 Å². The van der Waals surface area contributed by atoms with Crippen molar-refractivity contribution in [1.29, 1.82) is 0 Å². The fourth-order valence-corrected chi connectivity index (χ4v) is 2.60. The van der Waals surface area contributed by atoms with Crippen molar-refractivity contribution in [2.24, 2.45) is 23.7 Å². The first-order valence-corrected chi connectivity index (χ1v) is 5.10. The summed E-state index contributed by atoms with van der Waals surface area (Å²) in [4.78, 5) is 11.5. The zero-order valence-corrected chi connectivity index (χ0v) is 8.63. The minimum Gasteiger partial charge on any atom is -0.299 e. The molecule has 0 aromatic heterocycles. The van der Waals surface area contributed by atoms with Crippen LogP contribution in [0.4, 0.5) is 0 Å². The fraction of sp³-hybridized carbons (Fsp3) is 0.909. The molecule has 1 nitrogen and oxygen atoms in total. The average Bonchev–Trinajstić information content (AvgIpc) is 2.27. The number of rotatable bonds is 2. The Kier molecular flexibility index (Phi) is 2.92. The molecule has 0 bridgehead atoms. The predicted molar refractivity (Wildman–Crippen MR) is 50.9 cm³/mol. The van der Waals surface area contributed by atoms with Crippen molar-refractivity contribution >= 4 is 5.78 Å². The van der Waals surface area contributed by atoms with Gasteiger partial charge < -0.3 is 0 Å². The van der Waals surface area contributed by atoms with Crippen LogP contribution in [0.1, 0.15) is 40.5 Å². The fourth-order valence-electron chi connectivity index (χ4n) is 2.60. The van der Waals surface area contributed by atoms with Gasteiger partial charge in [-0.3, -0.25) is 4.79 Å². The lowest BCUT2D eigenvalue weighted by Gasteiger charge is -2.21. The Hall–Kier alpha value is -0.330. The smallest absolute Gasteiger partial charge is 0.136 e. The molecule has 1 aliphatic carbocycles. The Labute approximate surface area is 75.5 Å². The Morgan fingerprint density at radius 2 is 2.08 bits per heavy atom. The summed E-state index contributed by atoms with van der Waals surface area (Å²) in [6, 6.07) is 0. The highest BCUT2D eigenvalue weighted by Crippen LogP contribution is 2.39. The molecule has 0 spiro atoms. The van der Waals surface area contributed by atoms with E-state index in [2.05, 4.69) is 27.7 Å². The van der Waals surface area contributed by atoms with E-state index >= 15 is 0 Å². The highest BCUT2D eigenvalue weighted by atomic mass is 16.1. The molecule has 0 aromatic carbocycles. The van der Waals surface area contributed by atoms with Crippen molar-refractivity contribution in [2.45, 2.75) is 40.5 Å². The largest absolute Gasteiger partial charge is 0.299 e. The van der Waals surface area contributed by atoms with E-state index in [1.54, 1.807) is 0 Å². The quantitative estimate of drug-likeness (QED) is 0.619. The van der Waals surface area contributed by atoms with Crippen molar-refractivity contribution in [3.63, 3.8) is 0 Å². The number of hydrogen-bond acceptors (Lipinski definition) is 1. The molecule has 70 valence electrons. The summed E-state index contributed by atoms with van der Waals surface area (Å²) in [7, 11) is 0. The minimum atomic E-state index is 0.359. The van der Waals surface area contributed by atoms with Gasteiger partial charge in [0, 0.05) is 12.3 Å². The van der Waals surface area contributed by atoms with Gasteiger partial charge in [0.25, 0.3) is 0 Å². The Bertz CT molecular complexity index is 172. The maximum Gasteiger partial charge on any atom is 0.136 e. The molecule has 3 atom stereocenters. The van der Waals surface area contributed by atoms with Gasteiger partial charge in [-0.15, -0.1) is 0 Å². The van der Waals surface area contributed by atoms with Crippen LogP contribution in [0.5, 0.6) is 0 Å². The van der Waals surface area contributed by atoms with Gasteiger partial charge in [-0.1, -0.05) is 27.7 Å². The lowest BCUT2D eigenvalue weighted by atomic mass is 9.83. The van der Waals surface area contributed by atoms with E-state index in [-0.39, 0.29) is 0 Å². The van der Waals surface area contributed by atoms with E-state index in [1.165, 1.54) is 0 Å². The lowest BCUT2D eigenvalue weighted by Crippen LogP contribution is -2.16. The molecule has 12 heavy (non-hydrogen) atoms. The number of ketones is 1. The standard InChI is InChI=1S/C11H20O/c1-5-9-8(4)10(7(2)3)6-11(9)12/h7-10H,5-6H2,1-4H3. The molecular weight excluding hydrogens is 148 g/mol. The van der Waals surface area contributed by atoms with Gasteiger partial charge in [0.15, 0.2) is 0 Å². The Balaban J connectivity index is 2.68. The summed E-state index contributed by atoms with van der Waals surface area (Å²) in [6.07, 6.45) is 1.86. The zero-order valence-electron chi connectivity index (χ0n) is 8.63. The van der Waals surface area contributed by atoms with Crippen molar-refractivity contribution in [2.75, 3.05) is 0 Å². The van der Waals surface area contributed by atoms with Gasteiger partial charge in [0.05, 0.1) is 0 Å². The van der Waals surface area contributed by atoms with E-state index in [9.17, 15) is 4.79 Å². The highest BCUT2D eigenvalue weighted by molar-refractivity contribution is 5.83. The van der Waals surface area contributed by atoms with Gasteiger partial charge in [0.1, 0.15) is 5.78 Å². The molecule has 1 fully saturated rings. The van der Waals surface area contributed by atoms with Crippen molar-refractivity contribution in [3.05, 3.63) is 0 Å². The topological polar surface area (TPSA) is 17.1 Å². The lowest BCUT2D eigenvalue weighted by molar-refractivity contribution is -0.121. The summed E-state index contributed by atoms with van der Waals surface area (Å²) in [5.41, 5.74) is 0. The van der Waals surface area contributed by atoms with Crippen molar-refractivity contribution in [1.82, 2.24) is 0 Å². The van der Waals surface area contributed by atoms with E-state index < -0.39 is 0 Å². The van der Waals surface area contributed by atoms with Crippen LogP contribution in [0.3, 0.4) is 0 Å². The van der Waals surface area contributed by atoms with Gasteiger partial charge >= 0.3 is 0 Å². The minimum absolute atomic E-state index is 0.359. The Morgan fingerprint density at radius 3 is 2.33 bits per heavy atom. The first-order chi connectivity index (χ1) is 5.57. The first-order valence-electron chi connectivity index (χ1n) is 5.10. The van der Waals surface area contributed by atoms with Crippen molar-refractivity contribution in [3.8, 4) is 0 Å². The van der Waals surface area contributed by atoms with Gasteiger partial charge in [-0.25, -0.2) is 0 Å². The van der Waals surface area contributed by atoms with Crippen molar-refractivity contribution < 1.29 is 4.79 Å². The monoisotopic (exact) mass is 168 g/mol. The van der Waals surface area contributed by atoms with E-state index in [1.807, 2.05) is 0 Å². The third-order valence-corrected chi connectivity index (χ3v) is 3.46. The summed E-state index contributed by atoms with van der Waals surface area (Å²) in [6.45, 7) is 8.82. The van der Waals surface area contributed by atoms with Crippen LogP contribution >= 0.6 is 0 Å². The summed E-state index contributed by atoms with van der Waals surface area (Å²) < 4.78 is 0. The van der Waals surface area contributed by atoms with E-state index in [0.717, 1.165) is 12.8 Å². The number of carbonyl (C=O) groups is 1. The van der Waals surface area contributed by atoms with Gasteiger partial charge in [-0.2, -0.15) is 0 Å². The molecular formula is C11H20O. The second-order valence-electron chi connectivity index (χ2n) is 4.45. The van der Waals surface area contributed by atoms with Crippen LogP contribution in [0.2, 0.25) is 0 Å². The summed E-state index contributed by atoms with van der Waals surface area (Å²) >= 11 is 0. The Morgan fingerprint density at radius 1 is 1.50 bits per heavy atom. The number of carbonyl (C=O) groups excluding carboxylic acids is 1. The normalized spacial score (nSPS) is 36.4. The predicted octanol–water partition coefficient (Wildman–Crippen LogP) is 2.89. The van der Waals surface area contributed by atoms with Crippen LogP contribution in [0.25, 0.3) is 0 Å². The van der Waals surface area contributed by atoms with Gasteiger partial charge in [-0.05, 0) is 24.2 Å². The van der Waals surface area contributed by atoms with Crippen LogP contribution in [-0.4, -0.2) is 5.78 Å². The van der Waals surface area contributed by atoms with E-state index in [4.69, 9.17) is 0 Å². The molecule has 3 unspecified atom stereocenters. The molecule has 0 heterocycles. The number of Topliss-reactive ketones (excluding diaryl/α,β-unsaturated/α-hetero) is 1. The molecule has 0 aliphatic heterocycles.